The zero-order valence-electron chi connectivity index (χ0n) is 9.33. The van der Waals surface area contributed by atoms with Gasteiger partial charge in [0.25, 0.3) is 0 Å². The first kappa shape index (κ1) is 13.4. The number of aryl methyl sites for hydroxylation is 1. The lowest BCUT2D eigenvalue weighted by Gasteiger charge is -1.96. The van der Waals surface area contributed by atoms with Crippen LogP contribution in [0.15, 0.2) is 0 Å². The van der Waals surface area contributed by atoms with Gasteiger partial charge in [-0.3, -0.25) is 4.79 Å². The summed E-state index contributed by atoms with van der Waals surface area (Å²) in [6, 6.07) is 0. The number of nitrogens with zero attached hydrogens (tertiary/aromatic N) is 2. The van der Waals surface area contributed by atoms with Crippen LogP contribution in [0.3, 0.4) is 0 Å². The molecule has 0 radical (unpaired) electrons. The Kier molecular flexibility index (Phi) is 6.33. The van der Waals surface area contributed by atoms with Crippen molar-refractivity contribution >= 4 is 34.0 Å². The van der Waals surface area contributed by atoms with Gasteiger partial charge in [-0.05, 0) is 6.42 Å². The number of alkyl halides is 1. The summed E-state index contributed by atoms with van der Waals surface area (Å²) in [6.07, 6.45) is 4.77. The standard InChI is InChI=1S/C10H16ClN3OS/c1-2-3-4-5-9-13-14-10(16-9)12-8(15)6-7-11/h2-7H2,1H3,(H,12,14,15). The van der Waals surface area contributed by atoms with Crippen LogP contribution >= 0.6 is 22.9 Å². The molecule has 6 heteroatoms. The number of anilines is 1. The Morgan fingerprint density at radius 3 is 2.94 bits per heavy atom. The van der Waals surface area contributed by atoms with Crippen LogP contribution in [0.2, 0.25) is 0 Å². The lowest BCUT2D eigenvalue weighted by molar-refractivity contribution is -0.115. The number of rotatable bonds is 7. The second kappa shape index (κ2) is 7.57. The van der Waals surface area contributed by atoms with Gasteiger partial charge >= 0.3 is 0 Å². The summed E-state index contributed by atoms with van der Waals surface area (Å²) in [5.74, 6) is 0.222. The molecule has 4 nitrogen and oxygen atoms in total. The van der Waals surface area contributed by atoms with Crippen molar-refractivity contribution in [3.8, 4) is 0 Å². The topological polar surface area (TPSA) is 54.9 Å². The van der Waals surface area contributed by atoms with Gasteiger partial charge in [0, 0.05) is 18.7 Å². The van der Waals surface area contributed by atoms with Crippen molar-refractivity contribution in [2.24, 2.45) is 0 Å². The third-order valence-corrected chi connectivity index (χ3v) is 3.12. The summed E-state index contributed by atoms with van der Waals surface area (Å²) in [4.78, 5) is 11.2. The SMILES string of the molecule is CCCCCc1nnc(NC(=O)CCCl)s1. The summed E-state index contributed by atoms with van der Waals surface area (Å²) in [6.45, 7) is 2.16. The van der Waals surface area contributed by atoms with Gasteiger partial charge in [-0.2, -0.15) is 0 Å². The number of nitrogens with one attached hydrogen (secondary N) is 1. The number of carbonyl (C=O) groups is 1. The molecule has 90 valence electrons. The predicted octanol–water partition coefficient (Wildman–Crippen LogP) is 2.84. The van der Waals surface area contributed by atoms with Crippen LogP contribution in [0.5, 0.6) is 0 Å². The van der Waals surface area contributed by atoms with Crippen LogP contribution in [0, 0.1) is 0 Å². The highest BCUT2D eigenvalue weighted by atomic mass is 35.5. The lowest BCUT2D eigenvalue weighted by atomic mass is 10.2. The Morgan fingerprint density at radius 1 is 1.44 bits per heavy atom. The third-order valence-electron chi connectivity index (χ3n) is 2.03. The highest BCUT2D eigenvalue weighted by Gasteiger charge is 2.07. The Morgan fingerprint density at radius 2 is 2.25 bits per heavy atom. The van der Waals surface area contributed by atoms with Crippen LogP contribution in [0.25, 0.3) is 0 Å². The number of halogens is 1. The molecule has 0 aromatic carbocycles. The molecule has 0 unspecified atom stereocenters. The Bertz CT molecular complexity index is 330. The van der Waals surface area contributed by atoms with Crippen molar-refractivity contribution in [2.75, 3.05) is 11.2 Å². The molecule has 0 fully saturated rings. The molecule has 0 aliphatic rings. The fraction of sp³-hybridized carbons (Fsp3) is 0.700. The van der Waals surface area contributed by atoms with Crippen molar-refractivity contribution in [1.29, 1.82) is 0 Å². The highest BCUT2D eigenvalue weighted by molar-refractivity contribution is 7.15. The molecule has 16 heavy (non-hydrogen) atoms. The van der Waals surface area contributed by atoms with Crippen LogP contribution < -0.4 is 5.32 Å². The van der Waals surface area contributed by atoms with Crippen LogP contribution in [0.4, 0.5) is 5.13 Å². The van der Waals surface area contributed by atoms with Crippen molar-refractivity contribution in [3.63, 3.8) is 0 Å². The molecule has 0 aliphatic heterocycles. The average molecular weight is 262 g/mol. The second-order valence-corrected chi connectivity index (χ2v) is 4.89. The maximum absolute atomic E-state index is 11.2. The molecule has 1 amide bonds. The molecule has 0 bridgehead atoms. The van der Waals surface area contributed by atoms with Crippen molar-refractivity contribution < 1.29 is 4.79 Å². The summed E-state index contributed by atoms with van der Waals surface area (Å²) in [5.41, 5.74) is 0. The average Bonchev–Trinajstić information content (AvgIpc) is 2.66. The molecule has 0 aliphatic carbocycles. The normalized spacial score (nSPS) is 10.4. The third kappa shape index (κ3) is 4.90. The van der Waals surface area contributed by atoms with Crippen LogP contribution in [0.1, 0.15) is 37.6 Å². The van der Waals surface area contributed by atoms with E-state index in [1.165, 1.54) is 24.2 Å². The van der Waals surface area contributed by atoms with Gasteiger partial charge in [0.05, 0.1) is 0 Å². The number of amides is 1. The van der Waals surface area contributed by atoms with Crippen molar-refractivity contribution in [3.05, 3.63) is 5.01 Å². The van der Waals surface area contributed by atoms with E-state index < -0.39 is 0 Å². The zero-order chi connectivity index (χ0) is 11.8. The molecule has 1 N–H and O–H groups in total. The highest BCUT2D eigenvalue weighted by Crippen LogP contribution is 2.17. The number of aromatic nitrogens is 2. The molecule has 0 atom stereocenters. The molecule has 1 rings (SSSR count). The fourth-order valence-corrected chi connectivity index (χ4v) is 2.17. The summed E-state index contributed by atoms with van der Waals surface area (Å²) < 4.78 is 0. The molecule has 1 aromatic heterocycles. The van der Waals surface area contributed by atoms with Gasteiger partial charge in [-0.1, -0.05) is 31.1 Å². The number of carbonyl (C=O) groups excluding carboxylic acids is 1. The van der Waals surface area contributed by atoms with E-state index >= 15 is 0 Å². The maximum Gasteiger partial charge on any atom is 0.227 e. The van der Waals surface area contributed by atoms with E-state index in [0.717, 1.165) is 17.8 Å². The van der Waals surface area contributed by atoms with Crippen molar-refractivity contribution in [1.82, 2.24) is 10.2 Å². The summed E-state index contributed by atoms with van der Waals surface area (Å²) in [7, 11) is 0. The van der Waals surface area contributed by atoms with Gasteiger partial charge < -0.3 is 5.32 Å². The van der Waals surface area contributed by atoms with Gasteiger partial charge in [-0.15, -0.1) is 21.8 Å². The first-order valence-corrected chi connectivity index (χ1v) is 6.79. The minimum absolute atomic E-state index is 0.105. The Labute approximate surface area is 104 Å². The van der Waals surface area contributed by atoms with E-state index in [-0.39, 0.29) is 5.91 Å². The van der Waals surface area contributed by atoms with E-state index in [2.05, 4.69) is 22.4 Å². The van der Waals surface area contributed by atoms with E-state index in [1.54, 1.807) is 0 Å². The fourth-order valence-electron chi connectivity index (χ4n) is 1.20. The molecule has 0 saturated carbocycles. The van der Waals surface area contributed by atoms with E-state index in [1.807, 2.05) is 0 Å². The van der Waals surface area contributed by atoms with Crippen molar-refractivity contribution in [2.45, 2.75) is 39.0 Å². The van der Waals surface area contributed by atoms with E-state index in [9.17, 15) is 4.79 Å². The van der Waals surface area contributed by atoms with Crippen LogP contribution in [-0.2, 0) is 11.2 Å². The lowest BCUT2D eigenvalue weighted by Crippen LogP contribution is -2.11. The van der Waals surface area contributed by atoms with Crippen LogP contribution in [-0.4, -0.2) is 22.0 Å². The molecule has 0 saturated heterocycles. The molecule has 0 spiro atoms. The molecular weight excluding hydrogens is 246 g/mol. The second-order valence-electron chi connectivity index (χ2n) is 3.45. The van der Waals surface area contributed by atoms with Gasteiger partial charge in [0.2, 0.25) is 11.0 Å². The molecule has 1 heterocycles. The molecule has 1 aromatic rings. The predicted molar refractivity (Wildman–Crippen MR) is 67.1 cm³/mol. The first-order chi connectivity index (χ1) is 7.76. The van der Waals surface area contributed by atoms with Gasteiger partial charge in [0.1, 0.15) is 5.01 Å². The maximum atomic E-state index is 11.2. The zero-order valence-corrected chi connectivity index (χ0v) is 10.9. The van der Waals surface area contributed by atoms with Gasteiger partial charge in [-0.25, -0.2) is 0 Å². The quantitative estimate of drug-likeness (QED) is 0.607. The Balaban J connectivity index is 2.36. The van der Waals surface area contributed by atoms with E-state index in [0.29, 0.717) is 17.4 Å². The summed E-state index contributed by atoms with van der Waals surface area (Å²) in [5, 5.41) is 12.2. The first-order valence-electron chi connectivity index (χ1n) is 5.44. The smallest absolute Gasteiger partial charge is 0.227 e. The summed E-state index contributed by atoms with van der Waals surface area (Å²) >= 11 is 6.90. The largest absolute Gasteiger partial charge is 0.300 e. The minimum atomic E-state index is -0.105. The number of hydrogen-bond donors (Lipinski definition) is 1. The number of unbranched alkanes of at least 4 members (excludes halogenated alkanes) is 2. The monoisotopic (exact) mass is 261 g/mol. The molecular formula is C10H16ClN3OS. The van der Waals surface area contributed by atoms with E-state index in [4.69, 9.17) is 11.6 Å². The Hall–Kier alpha value is -0.680. The number of hydrogen-bond acceptors (Lipinski definition) is 4. The van der Waals surface area contributed by atoms with Gasteiger partial charge in [0.15, 0.2) is 0 Å². The minimum Gasteiger partial charge on any atom is -0.300 e.